The second kappa shape index (κ2) is 7.33. The van der Waals surface area contributed by atoms with Crippen molar-refractivity contribution in [3.63, 3.8) is 0 Å². The molecule has 0 radical (unpaired) electrons. The standard InChI is InChI=1S/C17H14ClF3N2/c1-12(9-13-5-3-2-4-6-13)11-22-23-16-10-14(17(19,20)21)7-8-15(16)18/h2-11,23H,1H3/b12-9+,22-11+. The summed E-state index contributed by atoms with van der Waals surface area (Å²) in [4.78, 5) is 0. The van der Waals surface area contributed by atoms with Gasteiger partial charge in [-0.25, -0.2) is 0 Å². The zero-order valence-corrected chi connectivity index (χ0v) is 13.0. The van der Waals surface area contributed by atoms with Crippen LogP contribution in [0.15, 0.2) is 59.2 Å². The van der Waals surface area contributed by atoms with E-state index in [-0.39, 0.29) is 10.7 Å². The van der Waals surface area contributed by atoms with Gasteiger partial charge in [-0.2, -0.15) is 18.3 Å². The Labute approximate surface area is 137 Å². The largest absolute Gasteiger partial charge is 0.416 e. The Morgan fingerprint density at radius 2 is 1.83 bits per heavy atom. The Hall–Kier alpha value is -2.27. The molecule has 0 spiro atoms. The molecule has 0 fully saturated rings. The number of anilines is 1. The molecule has 6 heteroatoms. The summed E-state index contributed by atoms with van der Waals surface area (Å²) in [5, 5.41) is 4.09. The zero-order valence-electron chi connectivity index (χ0n) is 12.2. The molecule has 0 aliphatic carbocycles. The average Bonchev–Trinajstić information content (AvgIpc) is 2.49. The van der Waals surface area contributed by atoms with Crippen LogP contribution in [0.25, 0.3) is 6.08 Å². The topological polar surface area (TPSA) is 24.4 Å². The van der Waals surface area contributed by atoms with Crippen molar-refractivity contribution in [1.82, 2.24) is 0 Å². The van der Waals surface area contributed by atoms with Crippen LogP contribution in [0.2, 0.25) is 5.02 Å². The summed E-state index contributed by atoms with van der Waals surface area (Å²) in [5.74, 6) is 0. The highest BCUT2D eigenvalue weighted by Crippen LogP contribution is 2.33. The predicted molar refractivity (Wildman–Crippen MR) is 88.7 cm³/mol. The van der Waals surface area contributed by atoms with Crippen molar-refractivity contribution in [3.8, 4) is 0 Å². The summed E-state index contributed by atoms with van der Waals surface area (Å²) in [5.41, 5.74) is 3.71. The number of hydrogen-bond acceptors (Lipinski definition) is 2. The lowest BCUT2D eigenvalue weighted by Crippen LogP contribution is -2.05. The zero-order chi connectivity index (χ0) is 16.9. The molecule has 0 saturated heterocycles. The van der Waals surface area contributed by atoms with Gasteiger partial charge in [0.25, 0.3) is 0 Å². The van der Waals surface area contributed by atoms with Crippen LogP contribution >= 0.6 is 11.6 Å². The van der Waals surface area contributed by atoms with Crippen LogP contribution in [0.3, 0.4) is 0 Å². The van der Waals surface area contributed by atoms with Crippen molar-refractivity contribution in [2.75, 3.05) is 5.43 Å². The van der Waals surface area contributed by atoms with Crippen LogP contribution in [0.1, 0.15) is 18.1 Å². The molecule has 0 aliphatic rings. The first-order valence-electron chi connectivity index (χ1n) is 6.75. The third kappa shape index (κ3) is 5.14. The molecule has 1 N–H and O–H groups in total. The monoisotopic (exact) mass is 338 g/mol. The number of nitrogens with one attached hydrogen (secondary N) is 1. The quantitative estimate of drug-likeness (QED) is 0.548. The first kappa shape index (κ1) is 17.1. The van der Waals surface area contributed by atoms with Gasteiger partial charge in [0.05, 0.1) is 22.5 Å². The van der Waals surface area contributed by atoms with Gasteiger partial charge in [0, 0.05) is 0 Å². The first-order chi connectivity index (χ1) is 10.9. The molecule has 2 aromatic carbocycles. The molecule has 0 unspecified atom stereocenters. The van der Waals surface area contributed by atoms with E-state index in [1.165, 1.54) is 12.3 Å². The van der Waals surface area contributed by atoms with E-state index in [1.807, 2.05) is 43.3 Å². The molecular formula is C17H14ClF3N2. The van der Waals surface area contributed by atoms with E-state index in [0.717, 1.165) is 23.3 Å². The number of hydrogen-bond donors (Lipinski definition) is 1. The lowest BCUT2D eigenvalue weighted by atomic mass is 10.1. The predicted octanol–water partition coefficient (Wildman–Crippen LogP) is 5.86. The maximum absolute atomic E-state index is 12.7. The van der Waals surface area contributed by atoms with Crippen LogP contribution in [0.5, 0.6) is 0 Å². The van der Waals surface area contributed by atoms with Crippen LogP contribution in [-0.4, -0.2) is 6.21 Å². The van der Waals surface area contributed by atoms with Gasteiger partial charge in [-0.05, 0) is 36.3 Å². The molecule has 0 bridgehead atoms. The summed E-state index contributed by atoms with van der Waals surface area (Å²) in [6.07, 6.45) is -1.00. The third-order valence-electron chi connectivity index (χ3n) is 2.94. The van der Waals surface area contributed by atoms with Crippen molar-refractivity contribution in [1.29, 1.82) is 0 Å². The molecule has 0 saturated carbocycles. The second-order valence-electron chi connectivity index (χ2n) is 4.86. The Bertz CT molecular complexity index is 722. The number of halogens is 4. The second-order valence-corrected chi connectivity index (χ2v) is 5.27. The van der Waals surface area contributed by atoms with Crippen molar-refractivity contribution >= 4 is 29.6 Å². The van der Waals surface area contributed by atoms with Crippen molar-refractivity contribution in [3.05, 3.63) is 70.3 Å². The van der Waals surface area contributed by atoms with Gasteiger partial charge in [0.1, 0.15) is 0 Å². The molecule has 23 heavy (non-hydrogen) atoms. The number of rotatable bonds is 4. The fourth-order valence-corrected chi connectivity index (χ4v) is 2.00. The van der Waals surface area contributed by atoms with Crippen molar-refractivity contribution in [2.24, 2.45) is 5.10 Å². The van der Waals surface area contributed by atoms with Gasteiger partial charge in [-0.1, -0.05) is 48.0 Å². The highest BCUT2D eigenvalue weighted by Gasteiger charge is 2.30. The van der Waals surface area contributed by atoms with Gasteiger partial charge in [0.2, 0.25) is 0 Å². The molecular weight excluding hydrogens is 325 g/mol. The average molecular weight is 339 g/mol. The molecule has 0 atom stereocenters. The first-order valence-corrected chi connectivity index (χ1v) is 7.13. The summed E-state index contributed by atoms with van der Waals surface area (Å²) < 4.78 is 38.0. The van der Waals surface area contributed by atoms with E-state index in [0.29, 0.717) is 0 Å². The number of alkyl halides is 3. The minimum Gasteiger partial charge on any atom is -0.277 e. The van der Waals surface area contributed by atoms with Crippen molar-refractivity contribution in [2.45, 2.75) is 13.1 Å². The lowest BCUT2D eigenvalue weighted by Gasteiger charge is -2.09. The van der Waals surface area contributed by atoms with Crippen LogP contribution in [0, 0.1) is 0 Å². The third-order valence-corrected chi connectivity index (χ3v) is 3.27. The number of nitrogens with zero attached hydrogens (tertiary/aromatic N) is 1. The molecule has 0 amide bonds. The van der Waals surface area contributed by atoms with Crippen LogP contribution in [-0.2, 0) is 6.18 Å². The molecule has 2 nitrogen and oxygen atoms in total. The van der Waals surface area contributed by atoms with Gasteiger partial charge in [-0.3, -0.25) is 5.43 Å². The number of hydrazone groups is 1. The van der Waals surface area contributed by atoms with E-state index >= 15 is 0 Å². The Morgan fingerprint density at radius 3 is 2.48 bits per heavy atom. The van der Waals surface area contributed by atoms with Crippen molar-refractivity contribution < 1.29 is 13.2 Å². The SMILES string of the molecule is CC(/C=N/Nc1cc(C(F)(F)F)ccc1Cl)=C\c1ccccc1. The molecule has 0 heterocycles. The smallest absolute Gasteiger partial charge is 0.277 e. The van der Waals surface area contributed by atoms with Gasteiger partial charge in [-0.15, -0.1) is 0 Å². The molecule has 120 valence electrons. The summed E-state index contributed by atoms with van der Waals surface area (Å²) in [6, 6.07) is 12.7. The highest BCUT2D eigenvalue weighted by molar-refractivity contribution is 6.33. The summed E-state index contributed by atoms with van der Waals surface area (Å²) in [7, 11) is 0. The summed E-state index contributed by atoms with van der Waals surface area (Å²) >= 11 is 5.87. The molecule has 2 aromatic rings. The number of allylic oxidation sites excluding steroid dienone is 1. The van der Waals surface area contributed by atoms with E-state index in [1.54, 1.807) is 0 Å². The fraction of sp³-hybridized carbons (Fsp3) is 0.118. The normalized spacial score (nSPS) is 12.7. The minimum atomic E-state index is -4.42. The summed E-state index contributed by atoms with van der Waals surface area (Å²) in [6.45, 7) is 1.84. The van der Waals surface area contributed by atoms with E-state index in [9.17, 15) is 13.2 Å². The van der Waals surface area contributed by atoms with Gasteiger partial charge in [0.15, 0.2) is 0 Å². The number of benzene rings is 2. The van der Waals surface area contributed by atoms with E-state index in [2.05, 4.69) is 10.5 Å². The Morgan fingerprint density at radius 1 is 1.13 bits per heavy atom. The minimum absolute atomic E-state index is 0.102. The van der Waals surface area contributed by atoms with Gasteiger partial charge >= 0.3 is 6.18 Å². The maximum Gasteiger partial charge on any atom is 0.416 e. The fourth-order valence-electron chi connectivity index (χ4n) is 1.84. The van der Waals surface area contributed by atoms with Crippen LogP contribution < -0.4 is 5.43 Å². The Balaban J connectivity index is 2.10. The van der Waals surface area contributed by atoms with Gasteiger partial charge < -0.3 is 0 Å². The van der Waals surface area contributed by atoms with Crippen LogP contribution in [0.4, 0.5) is 18.9 Å². The molecule has 0 aromatic heterocycles. The molecule has 2 rings (SSSR count). The van der Waals surface area contributed by atoms with E-state index in [4.69, 9.17) is 11.6 Å². The molecule has 0 aliphatic heterocycles. The van der Waals surface area contributed by atoms with E-state index < -0.39 is 11.7 Å². The lowest BCUT2D eigenvalue weighted by molar-refractivity contribution is -0.137. The maximum atomic E-state index is 12.7. The Kier molecular flexibility index (Phi) is 5.45. The highest BCUT2D eigenvalue weighted by atomic mass is 35.5.